The Balaban J connectivity index is 0.00000287. The summed E-state index contributed by atoms with van der Waals surface area (Å²) in [6.45, 7) is 12.5. The summed E-state index contributed by atoms with van der Waals surface area (Å²) >= 11 is 0. The van der Waals surface area contributed by atoms with Crippen molar-refractivity contribution in [1.82, 2.24) is 14.9 Å². The number of hydrogen-bond acceptors (Lipinski definition) is 6. The molecule has 0 aliphatic carbocycles. The SMILES string of the molecule is CC.CCN(CC1=C(c2ccc(F)cc2)S(=O)(=O)NC1(C)C)C(=O)[C@@H](COCc1ccccc1)NC(=O)C(C)(C)N. The van der Waals surface area contributed by atoms with Crippen LogP contribution in [0, 0.1) is 5.82 Å². The highest BCUT2D eigenvalue weighted by Crippen LogP contribution is 2.38. The standard InChI is InChI=1S/C28H37FN4O5S.C2H6/c1-6-33(16-22-24(20-12-14-21(29)15-13-20)39(36,37)32-28(22,4)5)25(34)23(31-26(35)27(2,3)30)18-38-17-19-10-8-7-9-11-19;1-2/h7-15,23,32H,6,16-18,30H2,1-5H3,(H,31,35);1-2H3/t23-;/m1./s1. The van der Waals surface area contributed by atoms with Crippen molar-refractivity contribution in [3.05, 3.63) is 77.1 Å². The number of nitrogens with two attached hydrogens (primary N) is 1. The van der Waals surface area contributed by atoms with Gasteiger partial charge in [-0.1, -0.05) is 56.3 Å². The Bertz CT molecular complexity index is 1320. The molecule has 1 atom stereocenters. The van der Waals surface area contributed by atoms with E-state index in [1.165, 1.54) is 43.0 Å². The summed E-state index contributed by atoms with van der Waals surface area (Å²) in [6.07, 6.45) is 0. The predicted octanol–water partition coefficient (Wildman–Crippen LogP) is 3.56. The topological polar surface area (TPSA) is 131 Å². The van der Waals surface area contributed by atoms with Gasteiger partial charge in [0.25, 0.3) is 0 Å². The second kappa shape index (κ2) is 14.2. The van der Waals surface area contributed by atoms with Crippen molar-refractivity contribution >= 4 is 26.7 Å². The Morgan fingerprint density at radius 1 is 1.10 bits per heavy atom. The molecule has 0 saturated carbocycles. The van der Waals surface area contributed by atoms with E-state index in [1.54, 1.807) is 20.8 Å². The number of likely N-dealkylation sites (N-methyl/N-ethyl adjacent to an activating group) is 1. The van der Waals surface area contributed by atoms with Crippen molar-refractivity contribution in [3.8, 4) is 0 Å². The van der Waals surface area contributed by atoms with Gasteiger partial charge in [-0.05, 0) is 63.5 Å². The Morgan fingerprint density at radius 3 is 2.22 bits per heavy atom. The molecule has 0 unspecified atom stereocenters. The third kappa shape index (κ3) is 8.93. The number of nitrogens with zero attached hydrogens (tertiary/aromatic N) is 1. The molecule has 3 rings (SSSR count). The molecule has 0 bridgehead atoms. The maximum absolute atomic E-state index is 13.8. The molecule has 11 heteroatoms. The molecule has 2 amide bonds. The van der Waals surface area contributed by atoms with Gasteiger partial charge in [-0.2, -0.15) is 0 Å². The van der Waals surface area contributed by atoms with Crippen molar-refractivity contribution in [2.75, 3.05) is 19.7 Å². The van der Waals surface area contributed by atoms with Gasteiger partial charge >= 0.3 is 0 Å². The highest BCUT2D eigenvalue weighted by Gasteiger charge is 2.44. The van der Waals surface area contributed by atoms with Crippen molar-refractivity contribution in [3.63, 3.8) is 0 Å². The van der Waals surface area contributed by atoms with E-state index in [9.17, 15) is 22.4 Å². The Hall–Kier alpha value is -3.12. The van der Waals surface area contributed by atoms with E-state index in [-0.39, 0.29) is 31.2 Å². The van der Waals surface area contributed by atoms with Crippen LogP contribution in [0.4, 0.5) is 4.39 Å². The van der Waals surface area contributed by atoms with Gasteiger partial charge in [0.15, 0.2) is 0 Å². The molecule has 1 heterocycles. The van der Waals surface area contributed by atoms with Crippen molar-refractivity contribution in [2.24, 2.45) is 5.73 Å². The van der Waals surface area contributed by atoms with Gasteiger partial charge in [0.05, 0.1) is 29.2 Å². The first-order valence-electron chi connectivity index (χ1n) is 13.7. The zero-order chi connectivity index (χ0) is 31.0. The van der Waals surface area contributed by atoms with Gasteiger partial charge in [-0.25, -0.2) is 17.5 Å². The number of sulfonamides is 1. The Labute approximate surface area is 243 Å². The number of rotatable bonds is 11. The van der Waals surface area contributed by atoms with Crippen LogP contribution in [0.15, 0.2) is 60.2 Å². The van der Waals surface area contributed by atoms with Gasteiger partial charge in [-0.3, -0.25) is 9.59 Å². The van der Waals surface area contributed by atoms with Gasteiger partial charge in [-0.15, -0.1) is 0 Å². The molecule has 226 valence electrons. The minimum atomic E-state index is -3.93. The second-order valence-corrected chi connectivity index (χ2v) is 12.3. The van der Waals surface area contributed by atoms with E-state index in [4.69, 9.17) is 10.5 Å². The maximum atomic E-state index is 13.8. The van der Waals surface area contributed by atoms with Crippen molar-refractivity contribution in [1.29, 1.82) is 0 Å². The van der Waals surface area contributed by atoms with Gasteiger partial charge in [0, 0.05) is 13.1 Å². The molecule has 2 aromatic carbocycles. The number of benzene rings is 2. The molecule has 9 nitrogen and oxygen atoms in total. The average molecular weight is 591 g/mol. The average Bonchev–Trinajstić information content (AvgIpc) is 3.10. The molecule has 0 saturated heterocycles. The van der Waals surface area contributed by atoms with Crippen molar-refractivity contribution in [2.45, 2.75) is 72.2 Å². The summed E-state index contributed by atoms with van der Waals surface area (Å²) in [5.74, 6) is -1.48. The first kappa shape index (κ1) is 34.1. The summed E-state index contributed by atoms with van der Waals surface area (Å²) in [6, 6.07) is 13.5. The van der Waals surface area contributed by atoms with Crippen LogP contribution in [0.1, 0.15) is 59.6 Å². The number of ether oxygens (including phenoxy) is 1. The van der Waals surface area contributed by atoms with Gasteiger partial charge in [0.2, 0.25) is 21.8 Å². The molecule has 4 N–H and O–H groups in total. The molecular formula is C30H43FN4O5S. The fraction of sp³-hybridized carbons (Fsp3) is 0.467. The first-order chi connectivity index (χ1) is 19.2. The summed E-state index contributed by atoms with van der Waals surface area (Å²) in [4.78, 5) is 28.0. The van der Waals surface area contributed by atoms with Crippen LogP contribution >= 0.6 is 0 Å². The quantitative estimate of drug-likeness (QED) is 0.367. The minimum absolute atomic E-state index is 0.00255. The lowest BCUT2D eigenvalue weighted by molar-refractivity contribution is -0.139. The molecule has 0 spiro atoms. The molecule has 1 aliphatic heterocycles. The van der Waals surface area contributed by atoms with Gasteiger partial charge in [0.1, 0.15) is 11.9 Å². The monoisotopic (exact) mass is 590 g/mol. The molecular weight excluding hydrogens is 547 g/mol. The molecule has 41 heavy (non-hydrogen) atoms. The van der Waals surface area contributed by atoms with Crippen LogP contribution in [0.3, 0.4) is 0 Å². The van der Waals surface area contributed by atoms with Crippen LogP contribution in [0.2, 0.25) is 0 Å². The van der Waals surface area contributed by atoms with E-state index in [1.807, 2.05) is 44.2 Å². The molecule has 0 aromatic heterocycles. The van der Waals surface area contributed by atoms with E-state index in [0.29, 0.717) is 11.1 Å². The Morgan fingerprint density at radius 2 is 1.68 bits per heavy atom. The summed E-state index contributed by atoms with van der Waals surface area (Å²) in [5, 5.41) is 2.70. The molecule has 1 aliphatic rings. The van der Waals surface area contributed by atoms with Crippen LogP contribution in [0.25, 0.3) is 4.91 Å². The lowest BCUT2D eigenvalue weighted by Gasteiger charge is -2.32. The number of nitrogens with one attached hydrogen (secondary N) is 2. The smallest absolute Gasteiger partial charge is 0.247 e. The summed E-state index contributed by atoms with van der Waals surface area (Å²) in [7, 11) is -3.93. The van der Waals surface area contributed by atoms with E-state index in [2.05, 4.69) is 10.0 Å². The van der Waals surface area contributed by atoms with Crippen LogP contribution in [0.5, 0.6) is 0 Å². The fourth-order valence-corrected chi connectivity index (χ4v) is 6.23. The van der Waals surface area contributed by atoms with Crippen molar-refractivity contribution < 1.29 is 27.1 Å². The number of halogens is 1. The summed E-state index contributed by atoms with van der Waals surface area (Å²) in [5.41, 5.74) is 5.37. The highest BCUT2D eigenvalue weighted by atomic mass is 32.2. The Kier molecular flexibility index (Phi) is 11.8. The van der Waals surface area contributed by atoms with E-state index in [0.717, 1.165) is 5.56 Å². The highest BCUT2D eigenvalue weighted by molar-refractivity contribution is 7.99. The molecule has 2 aromatic rings. The fourth-order valence-electron chi connectivity index (χ4n) is 4.24. The van der Waals surface area contributed by atoms with Crippen LogP contribution < -0.4 is 15.8 Å². The predicted molar refractivity (Wildman–Crippen MR) is 159 cm³/mol. The molecule has 0 radical (unpaired) electrons. The maximum Gasteiger partial charge on any atom is 0.247 e. The number of carbonyl (C=O) groups excluding carboxylic acids is 2. The van der Waals surface area contributed by atoms with E-state index >= 15 is 0 Å². The van der Waals surface area contributed by atoms with Crippen LogP contribution in [-0.4, -0.2) is 61.9 Å². The second-order valence-electron chi connectivity index (χ2n) is 10.6. The van der Waals surface area contributed by atoms with Crippen LogP contribution in [-0.2, 0) is 31.0 Å². The molecule has 0 fully saturated rings. The number of carbonyl (C=O) groups is 2. The third-order valence-corrected chi connectivity index (χ3v) is 8.22. The largest absolute Gasteiger partial charge is 0.374 e. The summed E-state index contributed by atoms with van der Waals surface area (Å²) < 4.78 is 48.3. The number of amides is 2. The van der Waals surface area contributed by atoms with E-state index < -0.39 is 44.8 Å². The zero-order valence-corrected chi connectivity index (χ0v) is 25.8. The lowest BCUT2D eigenvalue weighted by Crippen LogP contribution is -2.58. The zero-order valence-electron chi connectivity index (χ0n) is 25.0. The minimum Gasteiger partial charge on any atom is -0.374 e. The lowest BCUT2D eigenvalue weighted by atomic mass is 9.92. The van der Waals surface area contributed by atoms with Gasteiger partial charge < -0.3 is 20.7 Å². The first-order valence-corrected chi connectivity index (χ1v) is 15.2. The number of hydrogen-bond donors (Lipinski definition) is 3. The normalized spacial score (nSPS) is 16.4. The third-order valence-electron chi connectivity index (χ3n) is 6.42.